The van der Waals surface area contributed by atoms with Gasteiger partial charge in [-0.1, -0.05) is 72.1 Å². The monoisotopic (exact) mass is 417 g/mol. The van der Waals surface area contributed by atoms with Crippen molar-refractivity contribution in [1.82, 2.24) is 0 Å². The van der Waals surface area contributed by atoms with Crippen molar-refractivity contribution < 1.29 is 4.79 Å². The van der Waals surface area contributed by atoms with Crippen LogP contribution in [0.4, 0.5) is 17.1 Å². The van der Waals surface area contributed by atoms with Gasteiger partial charge in [0.2, 0.25) is 0 Å². The molecule has 29 heavy (non-hydrogen) atoms. The molecule has 0 aromatic heterocycles. The van der Waals surface area contributed by atoms with Crippen molar-refractivity contribution in [1.29, 1.82) is 0 Å². The summed E-state index contributed by atoms with van der Waals surface area (Å²) in [5.74, 6) is -0.0704. The molecule has 144 valence electrons. The lowest BCUT2D eigenvalue weighted by Crippen LogP contribution is -2.37. The quantitative estimate of drug-likeness (QED) is 0.571. The molecule has 0 bridgehead atoms. The molecule has 0 N–H and O–H groups in total. The number of carbonyl (C=O) groups excluding carboxylic acids is 1. The van der Waals surface area contributed by atoms with Crippen LogP contribution >= 0.6 is 23.5 Å². The zero-order chi connectivity index (χ0) is 19.8. The third-order valence-electron chi connectivity index (χ3n) is 5.04. The number of rotatable bonds is 3. The van der Waals surface area contributed by atoms with Crippen molar-refractivity contribution >= 4 is 51.7 Å². The molecular formula is C23H19N3OS2. The van der Waals surface area contributed by atoms with E-state index in [4.69, 9.17) is 0 Å². The van der Waals surface area contributed by atoms with Gasteiger partial charge >= 0.3 is 0 Å². The summed E-state index contributed by atoms with van der Waals surface area (Å²) in [6, 6.07) is 28.5. The van der Waals surface area contributed by atoms with Crippen LogP contribution in [-0.4, -0.2) is 28.7 Å². The van der Waals surface area contributed by atoms with Crippen LogP contribution in [0.15, 0.2) is 94.8 Å². The highest BCUT2D eigenvalue weighted by Crippen LogP contribution is 2.48. The van der Waals surface area contributed by atoms with Crippen molar-refractivity contribution in [2.24, 2.45) is 4.99 Å². The topological polar surface area (TPSA) is 35.9 Å². The van der Waals surface area contributed by atoms with Gasteiger partial charge in [-0.15, -0.1) is 0 Å². The van der Waals surface area contributed by atoms with Gasteiger partial charge < -0.3 is 4.90 Å². The highest BCUT2D eigenvalue weighted by molar-refractivity contribution is 8.16. The van der Waals surface area contributed by atoms with Gasteiger partial charge in [-0.3, -0.25) is 9.69 Å². The first-order chi connectivity index (χ1) is 14.2. The third-order valence-corrected chi connectivity index (χ3v) is 7.83. The zero-order valence-corrected chi connectivity index (χ0v) is 17.4. The Morgan fingerprint density at radius 1 is 0.828 bits per heavy atom. The predicted molar refractivity (Wildman–Crippen MR) is 123 cm³/mol. The van der Waals surface area contributed by atoms with Gasteiger partial charge in [-0.2, -0.15) is 4.99 Å². The number of amides is 1. The van der Waals surface area contributed by atoms with E-state index in [9.17, 15) is 4.79 Å². The fourth-order valence-corrected chi connectivity index (χ4v) is 6.35. The number of benzene rings is 3. The number of hydrogen-bond donors (Lipinski definition) is 0. The number of carbonyl (C=O) groups is 1. The molecule has 0 saturated carbocycles. The van der Waals surface area contributed by atoms with Crippen LogP contribution in [0.25, 0.3) is 0 Å². The summed E-state index contributed by atoms with van der Waals surface area (Å²) in [7, 11) is 2.06. The lowest BCUT2D eigenvalue weighted by molar-refractivity contribution is -0.117. The van der Waals surface area contributed by atoms with Crippen LogP contribution in [0, 0.1) is 0 Å². The van der Waals surface area contributed by atoms with Crippen molar-refractivity contribution in [3.8, 4) is 0 Å². The maximum atomic E-state index is 13.0. The minimum atomic E-state index is -0.248. The molecule has 6 heteroatoms. The Kier molecular flexibility index (Phi) is 4.81. The van der Waals surface area contributed by atoms with Gasteiger partial charge in [0, 0.05) is 23.3 Å². The lowest BCUT2D eigenvalue weighted by Gasteiger charge is -2.27. The second-order valence-electron chi connectivity index (χ2n) is 6.86. The van der Waals surface area contributed by atoms with Crippen LogP contribution in [0.3, 0.4) is 0 Å². The van der Waals surface area contributed by atoms with Crippen molar-refractivity contribution in [3.63, 3.8) is 0 Å². The summed E-state index contributed by atoms with van der Waals surface area (Å²) >= 11 is 3.30. The summed E-state index contributed by atoms with van der Waals surface area (Å²) in [6.07, 6.45) is 0. The second kappa shape index (κ2) is 7.61. The summed E-state index contributed by atoms with van der Waals surface area (Å²) in [5, 5.41) is 0.504. The number of thioether (sulfide) groups is 2. The molecule has 3 aromatic carbocycles. The van der Waals surface area contributed by atoms with Gasteiger partial charge in [0.05, 0.1) is 5.69 Å². The third kappa shape index (κ3) is 3.32. The van der Waals surface area contributed by atoms with E-state index in [0.717, 1.165) is 16.5 Å². The molecule has 2 heterocycles. The molecule has 4 nitrogen and oxygen atoms in total. The van der Waals surface area contributed by atoms with E-state index < -0.39 is 0 Å². The normalized spacial score (nSPS) is 20.5. The lowest BCUT2D eigenvalue weighted by atomic mass is 10.2. The van der Waals surface area contributed by atoms with Gasteiger partial charge in [0.1, 0.15) is 10.6 Å². The molecule has 0 spiro atoms. The Hall–Kier alpha value is -2.70. The van der Waals surface area contributed by atoms with Crippen LogP contribution < -0.4 is 9.80 Å². The number of nitrogens with zero attached hydrogens (tertiary/aromatic N) is 3. The predicted octanol–water partition coefficient (Wildman–Crippen LogP) is 5.39. The molecule has 5 rings (SSSR count). The summed E-state index contributed by atoms with van der Waals surface area (Å²) in [5.41, 5.74) is 3.16. The van der Waals surface area contributed by atoms with E-state index >= 15 is 0 Å². The average molecular weight is 418 g/mol. The maximum Gasteiger partial charge on any atom is 0.264 e. The summed E-state index contributed by atoms with van der Waals surface area (Å²) in [6.45, 7) is 0. The van der Waals surface area contributed by atoms with E-state index in [1.54, 1.807) is 23.5 Å². The number of hydrogen-bond acceptors (Lipinski definition) is 5. The van der Waals surface area contributed by atoms with E-state index in [2.05, 4.69) is 34.0 Å². The summed E-state index contributed by atoms with van der Waals surface area (Å²) < 4.78 is 0. The van der Waals surface area contributed by atoms with Crippen LogP contribution in [-0.2, 0) is 4.79 Å². The van der Waals surface area contributed by atoms with E-state index in [1.165, 1.54) is 10.6 Å². The van der Waals surface area contributed by atoms with Crippen LogP contribution in [0.2, 0.25) is 0 Å². The molecule has 0 aliphatic carbocycles. The summed E-state index contributed by atoms with van der Waals surface area (Å²) in [4.78, 5) is 22.9. The Morgan fingerprint density at radius 2 is 1.41 bits per heavy atom. The molecule has 2 unspecified atom stereocenters. The Labute approximate surface area is 178 Å². The molecule has 2 aliphatic rings. The standard InChI is InChI=1S/C23H19N3OS2/c1-25-18-14-8-9-15-19(18)28-22(25)20-21(27)24-23(29-20)26(16-10-4-2-5-11-16)17-12-6-3-7-13-17/h2-15,20,22H,1H3. The van der Waals surface area contributed by atoms with Gasteiger partial charge in [-0.05, 0) is 36.4 Å². The van der Waals surface area contributed by atoms with Crippen molar-refractivity contribution in [2.45, 2.75) is 15.5 Å². The van der Waals surface area contributed by atoms with Crippen LogP contribution in [0.5, 0.6) is 0 Å². The van der Waals surface area contributed by atoms with Gasteiger partial charge in [-0.25, -0.2) is 0 Å². The molecule has 0 saturated heterocycles. The molecule has 3 aromatic rings. The fraction of sp³-hybridized carbons (Fsp3) is 0.130. The number of fused-ring (bicyclic) bond motifs is 1. The molecule has 2 atom stereocenters. The molecule has 0 radical (unpaired) electrons. The first-order valence-electron chi connectivity index (χ1n) is 9.40. The fourth-order valence-electron chi connectivity index (χ4n) is 3.61. The minimum absolute atomic E-state index is 0.0274. The van der Waals surface area contributed by atoms with E-state index in [1.807, 2.05) is 72.8 Å². The number of amidine groups is 1. The SMILES string of the molecule is CN1c2ccccc2SC1C1SC(N(c2ccccc2)c2ccccc2)=NC1=O. The van der Waals surface area contributed by atoms with E-state index in [-0.39, 0.29) is 16.5 Å². The number of anilines is 3. The van der Waals surface area contributed by atoms with Gasteiger partial charge in [0.15, 0.2) is 5.17 Å². The first kappa shape index (κ1) is 18.3. The van der Waals surface area contributed by atoms with Crippen molar-refractivity contribution in [3.05, 3.63) is 84.9 Å². The molecular weight excluding hydrogens is 398 g/mol. The maximum absolute atomic E-state index is 13.0. The Balaban J connectivity index is 1.46. The number of para-hydroxylation sites is 3. The Morgan fingerprint density at radius 3 is 2.03 bits per heavy atom. The second-order valence-corrected chi connectivity index (χ2v) is 9.13. The molecule has 2 aliphatic heterocycles. The largest absolute Gasteiger partial charge is 0.360 e. The average Bonchev–Trinajstić information content (AvgIpc) is 3.30. The molecule has 1 amide bonds. The minimum Gasteiger partial charge on any atom is -0.360 e. The van der Waals surface area contributed by atoms with Gasteiger partial charge in [0.25, 0.3) is 5.91 Å². The highest BCUT2D eigenvalue weighted by atomic mass is 32.2. The smallest absolute Gasteiger partial charge is 0.264 e. The first-order valence-corrected chi connectivity index (χ1v) is 11.2. The van der Waals surface area contributed by atoms with Crippen molar-refractivity contribution in [2.75, 3.05) is 16.8 Å². The highest BCUT2D eigenvalue weighted by Gasteiger charge is 2.43. The number of aliphatic imine (C=N–C) groups is 1. The van der Waals surface area contributed by atoms with E-state index in [0.29, 0.717) is 0 Å². The zero-order valence-electron chi connectivity index (χ0n) is 15.8. The Bertz CT molecular complexity index is 1030. The molecule has 0 fully saturated rings. The van der Waals surface area contributed by atoms with Crippen LogP contribution in [0.1, 0.15) is 0 Å².